The molecule has 0 bridgehead atoms. The van der Waals surface area contributed by atoms with Crippen LogP contribution in [0.3, 0.4) is 0 Å². The van der Waals surface area contributed by atoms with E-state index in [1.807, 2.05) is 18.2 Å². The smallest absolute Gasteiger partial charge is 0.161 e. The zero-order valence-electron chi connectivity index (χ0n) is 13.5. The first-order chi connectivity index (χ1) is 11.3. The van der Waals surface area contributed by atoms with Crippen LogP contribution >= 0.6 is 0 Å². The maximum Gasteiger partial charge on any atom is 0.161 e. The fourth-order valence-electron chi connectivity index (χ4n) is 3.23. The van der Waals surface area contributed by atoms with E-state index < -0.39 is 0 Å². The van der Waals surface area contributed by atoms with E-state index in [0.717, 1.165) is 24.9 Å². The van der Waals surface area contributed by atoms with Crippen molar-refractivity contribution in [3.8, 4) is 11.5 Å². The van der Waals surface area contributed by atoms with E-state index in [2.05, 4.69) is 29.2 Å². The number of benzene rings is 2. The number of hydrogen-bond donors (Lipinski definition) is 0. The van der Waals surface area contributed by atoms with Crippen LogP contribution in [0.4, 0.5) is 0 Å². The first kappa shape index (κ1) is 15.6. The first-order valence-corrected chi connectivity index (χ1v) is 7.73. The Hall–Kier alpha value is -2.33. The number of ether oxygens (including phenoxy) is 2. The summed E-state index contributed by atoms with van der Waals surface area (Å²) < 4.78 is 10.7. The summed E-state index contributed by atoms with van der Waals surface area (Å²) in [5.74, 6) is 1.39. The SMILES string of the molecule is COc1ccc(C(CC=O)N2Cc3ccccc3C2)cc1OC. The van der Waals surface area contributed by atoms with Crippen molar-refractivity contribution < 1.29 is 14.3 Å². The van der Waals surface area contributed by atoms with Crippen LogP contribution in [0.5, 0.6) is 11.5 Å². The van der Waals surface area contributed by atoms with Crippen LogP contribution < -0.4 is 9.47 Å². The van der Waals surface area contributed by atoms with E-state index in [1.54, 1.807) is 14.2 Å². The molecule has 0 spiro atoms. The van der Waals surface area contributed by atoms with Crippen LogP contribution in [-0.2, 0) is 17.9 Å². The van der Waals surface area contributed by atoms with E-state index in [9.17, 15) is 4.79 Å². The average Bonchev–Trinajstić information content (AvgIpc) is 3.02. The van der Waals surface area contributed by atoms with Crippen molar-refractivity contribution in [1.29, 1.82) is 0 Å². The lowest BCUT2D eigenvalue weighted by Crippen LogP contribution is -2.23. The highest BCUT2D eigenvalue weighted by Gasteiger charge is 2.27. The fraction of sp³-hybridized carbons (Fsp3) is 0.316. The molecule has 4 nitrogen and oxygen atoms in total. The van der Waals surface area contributed by atoms with E-state index in [-0.39, 0.29) is 6.04 Å². The highest BCUT2D eigenvalue weighted by Crippen LogP contribution is 2.36. The molecule has 0 amide bonds. The van der Waals surface area contributed by atoms with Crippen LogP contribution in [0.25, 0.3) is 0 Å². The lowest BCUT2D eigenvalue weighted by Gasteiger charge is -2.27. The van der Waals surface area contributed by atoms with Crippen molar-refractivity contribution in [2.45, 2.75) is 25.6 Å². The monoisotopic (exact) mass is 311 g/mol. The molecule has 1 atom stereocenters. The van der Waals surface area contributed by atoms with Gasteiger partial charge in [-0.05, 0) is 28.8 Å². The molecule has 0 fully saturated rings. The molecule has 0 aliphatic carbocycles. The first-order valence-electron chi connectivity index (χ1n) is 7.73. The molecule has 0 saturated heterocycles. The second-order valence-electron chi connectivity index (χ2n) is 5.71. The van der Waals surface area contributed by atoms with Crippen LogP contribution in [0.2, 0.25) is 0 Å². The van der Waals surface area contributed by atoms with Crippen molar-refractivity contribution in [3.63, 3.8) is 0 Å². The molecule has 2 aromatic rings. The van der Waals surface area contributed by atoms with Gasteiger partial charge in [-0.15, -0.1) is 0 Å². The zero-order valence-corrected chi connectivity index (χ0v) is 13.5. The Morgan fingerprint density at radius 1 is 1.04 bits per heavy atom. The summed E-state index contributed by atoms with van der Waals surface area (Å²) in [6.07, 6.45) is 1.45. The van der Waals surface area contributed by atoms with Crippen LogP contribution in [-0.4, -0.2) is 25.4 Å². The van der Waals surface area contributed by atoms with Crippen molar-refractivity contribution in [1.82, 2.24) is 4.90 Å². The third-order valence-corrected chi connectivity index (χ3v) is 4.42. The third-order valence-electron chi connectivity index (χ3n) is 4.42. The van der Waals surface area contributed by atoms with Gasteiger partial charge in [0, 0.05) is 25.6 Å². The maximum absolute atomic E-state index is 11.2. The minimum atomic E-state index is 0.0414. The Bertz CT molecular complexity index is 674. The summed E-state index contributed by atoms with van der Waals surface area (Å²) in [7, 11) is 3.25. The predicted octanol–water partition coefficient (Wildman–Crippen LogP) is 3.35. The summed E-state index contributed by atoms with van der Waals surface area (Å²) >= 11 is 0. The second-order valence-corrected chi connectivity index (χ2v) is 5.71. The molecule has 1 unspecified atom stereocenters. The summed E-state index contributed by atoms with van der Waals surface area (Å²) in [4.78, 5) is 13.5. The lowest BCUT2D eigenvalue weighted by atomic mass is 10.0. The molecule has 3 rings (SSSR count). The molecular formula is C19H21NO3. The molecular weight excluding hydrogens is 290 g/mol. The van der Waals surface area contributed by atoms with Gasteiger partial charge in [-0.25, -0.2) is 0 Å². The van der Waals surface area contributed by atoms with E-state index in [0.29, 0.717) is 17.9 Å². The minimum absolute atomic E-state index is 0.0414. The molecule has 0 N–H and O–H groups in total. The number of carbonyl (C=O) groups excluding carboxylic acids is 1. The number of rotatable bonds is 6. The number of nitrogens with zero attached hydrogens (tertiary/aromatic N) is 1. The fourth-order valence-corrected chi connectivity index (χ4v) is 3.23. The van der Waals surface area contributed by atoms with Gasteiger partial charge >= 0.3 is 0 Å². The van der Waals surface area contributed by atoms with Crippen LogP contribution in [0.15, 0.2) is 42.5 Å². The topological polar surface area (TPSA) is 38.8 Å². The van der Waals surface area contributed by atoms with Crippen molar-refractivity contribution >= 4 is 6.29 Å². The Kier molecular flexibility index (Phi) is 4.63. The summed E-state index contributed by atoms with van der Waals surface area (Å²) in [6.45, 7) is 1.73. The van der Waals surface area contributed by atoms with Crippen molar-refractivity contribution in [3.05, 3.63) is 59.2 Å². The van der Waals surface area contributed by atoms with Crippen LogP contribution in [0.1, 0.15) is 29.2 Å². The van der Waals surface area contributed by atoms with Gasteiger partial charge in [0.15, 0.2) is 11.5 Å². The molecule has 1 aliphatic heterocycles. The highest BCUT2D eigenvalue weighted by molar-refractivity contribution is 5.53. The zero-order chi connectivity index (χ0) is 16.2. The van der Waals surface area contributed by atoms with Gasteiger partial charge in [0.25, 0.3) is 0 Å². The van der Waals surface area contributed by atoms with E-state index in [4.69, 9.17) is 9.47 Å². The number of aldehydes is 1. The average molecular weight is 311 g/mol. The van der Waals surface area contributed by atoms with Gasteiger partial charge < -0.3 is 14.3 Å². The molecule has 120 valence electrons. The summed E-state index contributed by atoms with van der Waals surface area (Å²) in [5.41, 5.74) is 3.75. The molecule has 4 heteroatoms. The second kappa shape index (κ2) is 6.84. The quantitative estimate of drug-likeness (QED) is 0.767. The van der Waals surface area contributed by atoms with Gasteiger partial charge in [0.05, 0.1) is 14.2 Å². The normalized spacial score (nSPS) is 15.0. The molecule has 2 aromatic carbocycles. The van der Waals surface area contributed by atoms with Crippen molar-refractivity contribution in [2.75, 3.05) is 14.2 Å². The van der Waals surface area contributed by atoms with Gasteiger partial charge in [-0.1, -0.05) is 30.3 Å². The third kappa shape index (κ3) is 3.08. The number of carbonyl (C=O) groups is 1. The Balaban J connectivity index is 1.89. The summed E-state index contributed by atoms with van der Waals surface area (Å²) in [6, 6.07) is 14.4. The number of hydrogen-bond acceptors (Lipinski definition) is 4. The molecule has 0 aromatic heterocycles. The predicted molar refractivity (Wildman–Crippen MR) is 88.7 cm³/mol. The minimum Gasteiger partial charge on any atom is -0.493 e. The Morgan fingerprint density at radius 3 is 2.26 bits per heavy atom. The summed E-state index contributed by atoms with van der Waals surface area (Å²) in [5, 5.41) is 0. The Labute approximate surface area is 136 Å². The van der Waals surface area contributed by atoms with Gasteiger partial charge in [-0.3, -0.25) is 4.90 Å². The van der Waals surface area contributed by atoms with E-state index in [1.165, 1.54) is 11.1 Å². The van der Waals surface area contributed by atoms with Crippen LogP contribution in [0, 0.1) is 0 Å². The van der Waals surface area contributed by atoms with E-state index >= 15 is 0 Å². The highest BCUT2D eigenvalue weighted by atomic mass is 16.5. The number of fused-ring (bicyclic) bond motifs is 1. The molecule has 0 radical (unpaired) electrons. The molecule has 1 aliphatic rings. The maximum atomic E-state index is 11.2. The van der Waals surface area contributed by atoms with Gasteiger partial charge in [-0.2, -0.15) is 0 Å². The van der Waals surface area contributed by atoms with Gasteiger partial charge in [0.2, 0.25) is 0 Å². The molecule has 23 heavy (non-hydrogen) atoms. The number of methoxy groups -OCH3 is 2. The molecule has 0 saturated carbocycles. The Morgan fingerprint density at radius 2 is 1.70 bits per heavy atom. The molecule has 1 heterocycles. The standard InChI is InChI=1S/C19H21NO3/c1-22-18-8-7-14(11-19(18)23-2)17(9-10-21)20-12-15-5-3-4-6-16(15)13-20/h3-8,10-11,17H,9,12-13H2,1-2H3. The van der Waals surface area contributed by atoms with Gasteiger partial charge in [0.1, 0.15) is 6.29 Å². The lowest BCUT2D eigenvalue weighted by molar-refractivity contribution is -0.109. The van der Waals surface area contributed by atoms with Crippen molar-refractivity contribution in [2.24, 2.45) is 0 Å². The largest absolute Gasteiger partial charge is 0.493 e.